The van der Waals surface area contributed by atoms with Gasteiger partial charge in [0, 0.05) is 24.8 Å². The van der Waals surface area contributed by atoms with Gasteiger partial charge in [-0.2, -0.15) is 0 Å². The molecule has 0 fully saturated rings. The number of hydrogen-bond donors (Lipinski definition) is 1. The van der Waals surface area contributed by atoms with E-state index in [1.807, 2.05) is 25.1 Å². The van der Waals surface area contributed by atoms with Gasteiger partial charge in [-0.1, -0.05) is 44.5 Å². The molecule has 0 aliphatic heterocycles. The van der Waals surface area contributed by atoms with Gasteiger partial charge in [-0.05, 0) is 31.9 Å². The van der Waals surface area contributed by atoms with Crippen LogP contribution in [0.25, 0.3) is 0 Å². The molecule has 6 heteroatoms. The third kappa shape index (κ3) is 6.90. The fraction of sp³-hybridized carbons (Fsp3) is 0.524. The lowest BCUT2D eigenvalue weighted by atomic mass is 9.97. The molecule has 0 aliphatic carbocycles. The highest BCUT2D eigenvalue weighted by Gasteiger charge is 2.22. The van der Waals surface area contributed by atoms with E-state index in [1.165, 1.54) is 0 Å². The average molecular weight is 393 g/mol. The maximum Gasteiger partial charge on any atom is 0.220 e. The molecule has 0 bridgehead atoms. The lowest BCUT2D eigenvalue weighted by Crippen LogP contribution is -2.24. The van der Waals surface area contributed by atoms with Crippen molar-refractivity contribution in [3.8, 4) is 5.75 Å². The summed E-state index contributed by atoms with van der Waals surface area (Å²) in [6.07, 6.45) is 2.67. The van der Waals surface area contributed by atoms with Crippen LogP contribution in [-0.4, -0.2) is 24.0 Å². The zero-order chi connectivity index (χ0) is 19.9. The van der Waals surface area contributed by atoms with Crippen LogP contribution >= 0.6 is 11.6 Å². The summed E-state index contributed by atoms with van der Waals surface area (Å²) in [5, 5.41) is 3.52. The summed E-state index contributed by atoms with van der Waals surface area (Å²) >= 11 is 6.02. The minimum Gasteiger partial charge on any atom is -0.492 e. The fourth-order valence-corrected chi connectivity index (χ4v) is 2.71. The number of rotatable bonds is 9. The first kappa shape index (κ1) is 21.3. The minimum atomic E-state index is -0.0940. The lowest BCUT2D eigenvalue weighted by Gasteiger charge is -2.12. The summed E-state index contributed by atoms with van der Waals surface area (Å²) in [5.74, 6) is 2.35. The van der Waals surface area contributed by atoms with E-state index in [0.717, 1.165) is 30.2 Å². The molecule has 0 atom stereocenters. The van der Waals surface area contributed by atoms with Crippen LogP contribution in [0.4, 0.5) is 0 Å². The molecule has 0 spiro atoms. The van der Waals surface area contributed by atoms with Gasteiger partial charge in [-0.25, -0.2) is 4.98 Å². The van der Waals surface area contributed by atoms with Crippen LogP contribution in [0.3, 0.4) is 0 Å². The van der Waals surface area contributed by atoms with Crippen LogP contribution in [0, 0.1) is 6.92 Å². The normalized spacial score (nSPS) is 11.4. The highest BCUT2D eigenvalue weighted by Crippen LogP contribution is 2.24. The molecule has 0 radical (unpaired) electrons. The maximum absolute atomic E-state index is 11.9. The monoisotopic (exact) mass is 392 g/mol. The molecule has 0 aliphatic rings. The fourth-order valence-electron chi connectivity index (χ4n) is 2.52. The quantitative estimate of drug-likeness (QED) is 0.620. The molecule has 1 N–H and O–H groups in total. The van der Waals surface area contributed by atoms with Crippen LogP contribution in [-0.2, 0) is 16.6 Å². The van der Waals surface area contributed by atoms with Gasteiger partial charge in [0.05, 0.1) is 17.3 Å². The molecule has 1 aromatic carbocycles. The van der Waals surface area contributed by atoms with Gasteiger partial charge in [0.25, 0.3) is 0 Å². The number of carbonyl (C=O) groups is 1. The van der Waals surface area contributed by atoms with Gasteiger partial charge in [0.15, 0.2) is 5.89 Å². The second-order valence-corrected chi connectivity index (χ2v) is 8.02. The number of hydrogen-bond acceptors (Lipinski definition) is 4. The van der Waals surface area contributed by atoms with E-state index < -0.39 is 0 Å². The summed E-state index contributed by atoms with van der Waals surface area (Å²) in [6.45, 7) is 9.29. The van der Waals surface area contributed by atoms with E-state index >= 15 is 0 Å². The first-order valence-electron chi connectivity index (χ1n) is 9.38. The van der Waals surface area contributed by atoms with Crippen molar-refractivity contribution in [2.75, 3.05) is 13.2 Å². The number of nitrogens with zero attached hydrogens (tertiary/aromatic N) is 1. The predicted molar refractivity (Wildman–Crippen MR) is 107 cm³/mol. The maximum atomic E-state index is 11.9. The van der Waals surface area contributed by atoms with Gasteiger partial charge < -0.3 is 14.5 Å². The van der Waals surface area contributed by atoms with Crippen LogP contribution < -0.4 is 10.1 Å². The third-order valence-corrected chi connectivity index (χ3v) is 4.39. The SMILES string of the molecule is Cc1nc(C(C)(C)C)oc1CCCNC(=O)CCCOc1ccccc1Cl. The second-order valence-electron chi connectivity index (χ2n) is 7.61. The van der Waals surface area contributed by atoms with Crippen LogP contribution in [0.15, 0.2) is 28.7 Å². The smallest absolute Gasteiger partial charge is 0.220 e. The van der Waals surface area contributed by atoms with Crippen molar-refractivity contribution >= 4 is 17.5 Å². The summed E-state index contributed by atoms with van der Waals surface area (Å²) in [4.78, 5) is 16.4. The number of nitrogens with one attached hydrogen (secondary N) is 1. The Morgan fingerprint density at radius 1 is 1.26 bits per heavy atom. The molecule has 1 heterocycles. The predicted octanol–water partition coefficient (Wildman–Crippen LogP) is 4.84. The number of oxazole rings is 1. The van der Waals surface area contributed by atoms with E-state index in [0.29, 0.717) is 36.8 Å². The van der Waals surface area contributed by atoms with Crippen molar-refractivity contribution < 1.29 is 13.9 Å². The van der Waals surface area contributed by atoms with Crippen molar-refractivity contribution in [1.82, 2.24) is 10.3 Å². The number of aryl methyl sites for hydroxylation is 2. The summed E-state index contributed by atoms with van der Waals surface area (Å²) < 4.78 is 11.4. The molecular weight excluding hydrogens is 364 g/mol. The van der Waals surface area contributed by atoms with Crippen molar-refractivity contribution in [3.05, 3.63) is 46.6 Å². The largest absolute Gasteiger partial charge is 0.492 e. The number of benzene rings is 1. The van der Waals surface area contributed by atoms with Crippen LogP contribution in [0.1, 0.15) is 57.4 Å². The molecule has 5 nitrogen and oxygen atoms in total. The highest BCUT2D eigenvalue weighted by molar-refractivity contribution is 6.32. The molecule has 0 unspecified atom stereocenters. The van der Waals surface area contributed by atoms with Gasteiger partial charge >= 0.3 is 0 Å². The number of carbonyl (C=O) groups excluding carboxylic acids is 1. The summed E-state index contributed by atoms with van der Waals surface area (Å²) in [5.41, 5.74) is 0.839. The van der Waals surface area contributed by atoms with Gasteiger partial charge in [0.1, 0.15) is 11.5 Å². The molecule has 2 aromatic rings. The molecule has 2 rings (SSSR count). The molecule has 0 saturated carbocycles. The first-order chi connectivity index (χ1) is 12.8. The van der Waals surface area contributed by atoms with Crippen LogP contribution in [0.5, 0.6) is 5.75 Å². The third-order valence-electron chi connectivity index (χ3n) is 4.08. The standard InChI is InChI=1S/C21H29ClN2O3/c1-15-17(27-20(24-15)21(2,3)4)11-7-13-23-19(25)12-8-14-26-18-10-6-5-9-16(18)22/h5-6,9-10H,7-8,11-14H2,1-4H3,(H,23,25). The number of para-hydroxylation sites is 1. The molecule has 148 valence electrons. The van der Waals surface area contributed by atoms with E-state index in [4.69, 9.17) is 20.8 Å². The van der Waals surface area contributed by atoms with Gasteiger partial charge in [-0.15, -0.1) is 0 Å². The summed E-state index contributed by atoms with van der Waals surface area (Å²) in [7, 11) is 0. The zero-order valence-electron chi connectivity index (χ0n) is 16.6. The Morgan fingerprint density at radius 3 is 2.67 bits per heavy atom. The molecule has 27 heavy (non-hydrogen) atoms. The number of halogens is 1. The number of ether oxygens (including phenoxy) is 1. The molecule has 0 saturated heterocycles. The number of aromatic nitrogens is 1. The van der Waals surface area contributed by atoms with Crippen molar-refractivity contribution in [2.24, 2.45) is 0 Å². The summed E-state index contributed by atoms with van der Waals surface area (Å²) in [6, 6.07) is 7.32. The Kier molecular flexibility index (Phi) is 7.72. The Balaban J connectivity index is 1.61. The average Bonchev–Trinajstić information content (AvgIpc) is 2.98. The lowest BCUT2D eigenvalue weighted by molar-refractivity contribution is -0.121. The Bertz CT molecular complexity index is 750. The molecule has 1 amide bonds. The molecular formula is C21H29ClN2O3. The van der Waals surface area contributed by atoms with Crippen molar-refractivity contribution in [2.45, 2.75) is 58.8 Å². The highest BCUT2D eigenvalue weighted by atomic mass is 35.5. The Morgan fingerprint density at radius 2 is 2.00 bits per heavy atom. The Hall–Kier alpha value is -2.01. The van der Waals surface area contributed by atoms with Gasteiger partial charge in [-0.3, -0.25) is 4.79 Å². The first-order valence-corrected chi connectivity index (χ1v) is 9.76. The van der Waals surface area contributed by atoms with E-state index in [2.05, 4.69) is 31.1 Å². The Labute approximate surface area is 166 Å². The van der Waals surface area contributed by atoms with E-state index in [9.17, 15) is 4.79 Å². The topological polar surface area (TPSA) is 64.4 Å². The molecule has 1 aromatic heterocycles. The van der Waals surface area contributed by atoms with E-state index in [-0.39, 0.29) is 11.3 Å². The van der Waals surface area contributed by atoms with E-state index in [1.54, 1.807) is 6.07 Å². The van der Waals surface area contributed by atoms with Crippen molar-refractivity contribution in [3.63, 3.8) is 0 Å². The second kappa shape index (κ2) is 9.79. The van der Waals surface area contributed by atoms with Crippen LogP contribution in [0.2, 0.25) is 5.02 Å². The zero-order valence-corrected chi connectivity index (χ0v) is 17.4. The van der Waals surface area contributed by atoms with Crippen molar-refractivity contribution in [1.29, 1.82) is 0 Å². The van der Waals surface area contributed by atoms with Gasteiger partial charge in [0.2, 0.25) is 5.91 Å². The minimum absolute atomic E-state index is 0.0300. The number of amides is 1.